The second-order valence-corrected chi connectivity index (χ2v) is 11.9. The van der Waals surface area contributed by atoms with E-state index in [9.17, 15) is 21.9 Å². The molecule has 1 saturated heterocycles. The molecule has 9 nitrogen and oxygen atoms in total. The molecule has 1 aliphatic rings. The van der Waals surface area contributed by atoms with E-state index >= 15 is 0 Å². The third-order valence-corrected chi connectivity index (χ3v) is 8.36. The van der Waals surface area contributed by atoms with Crippen LogP contribution in [0.5, 0.6) is 0 Å². The van der Waals surface area contributed by atoms with Crippen LogP contribution in [0, 0.1) is 0 Å². The van der Waals surface area contributed by atoms with Crippen LogP contribution < -0.4 is 13.9 Å². The lowest BCUT2D eigenvalue weighted by Gasteiger charge is -2.20. The van der Waals surface area contributed by atoms with E-state index in [1.54, 1.807) is 36.4 Å². The molecule has 11 heteroatoms. The third-order valence-electron chi connectivity index (χ3n) is 5.73. The summed E-state index contributed by atoms with van der Waals surface area (Å²) in [5.74, 6) is 0.651. The fourth-order valence-corrected chi connectivity index (χ4v) is 5.53. The molecule has 2 N–H and O–H groups in total. The third kappa shape index (κ3) is 4.96. The summed E-state index contributed by atoms with van der Waals surface area (Å²) >= 11 is 0. The van der Waals surface area contributed by atoms with Gasteiger partial charge < -0.3 is 10.0 Å². The summed E-state index contributed by atoms with van der Waals surface area (Å²) in [6.07, 6.45) is 2.67. The zero-order valence-electron chi connectivity index (χ0n) is 18.3. The van der Waals surface area contributed by atoms with Crippen LogP contribution in [0.3, 0.4) is 0 Å². The number of aromatic nitrogens is 1. The molecule has 0 radical (unpaired) electrons. The van der Waals surface area contributed by atoms with Gasteiger partial charge in [0.1, 0.15) is 10.7 Å². The van der Waals surface area contributed by atoms with E-state index in [4.69, 9.17) is 0 Å². The number of pyridine rings is 1. The van der Waals surface area contributed by atoms with Gasteiger partial charge in [0.15, 0.2) is 0 Å². The SMILES string of the molecule is CN(c1cccc(CNS(=O)(=O)c2cnc(N3CC[C@H](O)C3)c3ccccc23)c1)S(C)(=O)=O. The number of β-amino-alcohol motifs (C(OH)–C–C–N with tert-alkyl or cyclic N) is 1. The van der Waals surface area contributed by atoms with Crippen molar-refractivity contribution >= 4 is 42.3 Å². The van der Waals surface area contributed by atoms with Gasteiger partial charge in [-0.25, -0.2) is 26.5 Å². The molecule has 4 rings (SSSR count). The summed E-state index contributed by atoms with van der Waals surface area (Å²) in [4.78, 5) is 6.45. The molecule has 0 amide bonds. The van der Waals surface area contributed by atoms with Gasteiger partial charge in [-0.2, -0.15) is 0 Å². The first-order valence-corrected chi connectivity index (χ1v) is 13.7. The van der Waals surface area contributed by atoms with Crippen LogP contribution in [0.1, 0.15) is 12.0 Å². The van der Waals surface area contributed by atoms with Crippen LogP contribution in [-0.2, 0) is 26.6 Å². The van der Waals surface area contributed by atoms with Gasteiger partial charge in [-0.1, -0.05) is 36.4 Å². The van der Waals surface area contributed by atoms with Crippen molar-refractivity contribution in [3.63, 3.8) is 0 Å². The molecule has 2 aromatic carbocycles. The van der Waals surface area contributed by atoms with Crippen LogP contribution in [0.25, 0.3) is 10.8 Å². The standard InChI is InChI=1S/C22H26N4O5S2/c1-25(32(2,28)29)17-7-5-6-16(12-17)13-24-33(30,31)21-14-23-22(26-11-10-18(27)15-26)20-9-4-3-8-19(20)21/h3-9,12,14,18,24,27H,10-11,13,15H2,1-2H3/t18-/m0/s1. The number of aliphatic hydroxyl groups excluding tert-OH is 1. The summed E-state index contributed by atoms with van der Waals surface area (Å²) in [6.45, 7) is 1.10. The molecule has 1 aliphatic heterocycles. The Hall–Kier alpha value is -2.73. The lowest BCUT2D eigenvalue weighted by atomic mass is 10.1. The number of benzene rings is 2. The van der Waals surface area contributed by atoms with E-state index in [0.29, 0.717) is 47.4 Å². The Labute approximate surface area is 193 Å². The first-order valence-electron chi connectivity index (χ1n) is 10.4. The number of nitrogens with one attached hydrogen (secondary N) is 1. The first-order chi connectivity index (χ1) is 15.6. The highest BCUT2D eigenvalue weighted by Gasteiger charge is 2.25. The van der Waals surface area contributed by atoms with Crippen molar-refractivity contribution in [1.82, 2.24) is 9.71 Å². The van der Waals surface area contributed by atoms with Gasteiger partial charge in [-0.15, -0.1) is 0 Å². The van der Waals surface area contributed by atoms with Crippen molar-refractivity contribution in [2.45, 2.75) is 24.0 Å². The lowest BCUT2D eigenvalue weighted by Crippen LogP contribution is -2.26. The van der Waals surface area contributed by atoms with Crippen LogP contribution in [0.15, 0.2) is 59.6 Å². The highest BCUT2D eigenvalue weighted by atomic mass is 32.2. The average molecular weight is 491 g/mol. The maximum absolute atomic E-state index is 13.2. The molecule has 0 aliphatic carbocycles. The maximum Gasteiger partial charge on any atom is 0.243 e. The Bertz CT molecular complexity index is 1390. The summed E-state index contributed by atoms with van der Waals surface area (Å²) < 4.78 is 53.7. The Balaban J connectivity index is 1.62. The zero-order valence-corrected chi connectivity index (χ0v) is 20.0. The Morgan fingerprint density at radius 3 is 2.52 bits per heavy atom. The summed E-state index contributed by atoms with van der Waals surface area (Å²) in [5, 5.41) is 11.1. The van der Waals surface area contributed by atoms with E-state index in [0.717, 1.165) is 10.6 Å². The van der Waals surface area contributed by atoms with Gasteiger partial charge >= 0.3 is 0 Å². The van der Waals surface area contributed by atoms with Crippen molar-refractivity contribution in [1.29, 1.82) is 0 Å². The normalized spacial score (nSPS) is 16.9. The molecule has 176 valence electrons. The molecule has 0 unspecified atom stereocenters. The predicted molar refractivity (Wildman–Crippen MR) is 128 cm³/mol. The van der Waals surface area contributed by atoms with Crippen molar-refractivity contribution in [3.8, 4) is 0 Å². The molecule has 0 spiro atoms. The number of sulfonamides is 2. The van der Waals surface area contributed by atoms with Crippen molar-refractivity contribution in [3.05, 3.63) is 60.3 Å². The summed E-state index contributed by atoms with van der Waals surface area (Å²) in [7, 11) is -5.90. The highest BCUT2D eigenvalue weighted by molar-refractivity contribution is 7.92. The monoisotopic (exact) mass is 490 g/mol. The predicted octanol–water partition coefficient (Wildman–Crippen LogP) is 1.68. The van der Waals surface area contributed by atoms with E-state index in [1.807, 2.05) is 17.0 Å². The van der Waals surface area contributed by atoms with E-state index in [2.05, 4.69) is 9.71 Å². The fraction of sp³-hybridized carbons (Fsp3) is 0.318. The molecule has 33 heavy (non-hydrogen) atoms. The zero-order chi connectivity index (χ0) is 23.8. The van der Waals surface area contributed by atoms with Crippen LogP contribution >= 0.6 is 0 Å². The number of aliphatic hydroxyl groups is 1. The number of nitrogens with zero attached hydrogens (tertiary/aromatic N) is 3. The first kappa shape index (κ1) is 23.4. The number of hydrogen-bond donors (Lipinski definition) is 2. The van der Waals surface area contributed by atoms with Crippen LogP contribution in [0.4, 0.5) is 11.5 Å². The number of fused-ring (bicyclic) bond motifs is 1. The number of rotatable bonds is 7. The largest absolute Gasteiger partial charge is 0.391 e. The minimum Gasteiger partial charge on any atom is -0.391 e. The van der Waals surface area contributed by atoms with Crippen LogP contribution in [0.2, 0.25) is 0 Å². The molecule has 1 fully saturated rings. The van der Waals surface area contributed by atoms with Gasteiger partial charge in [0.2, 0.25) is 20.0 Å². The quantitative estimate of drug-likeness (QED) is 0.517. The second kappa shape index (κ2) is 8.90. The minimum atomic E-state index is -3.91. The molecule has 2 heterocycles. The lowest BCUT2D eigenvalue weighted by molar-refractivity contribution is 0.198. The minimum absolute atomic E-state index is 0.0117. The number of anilines is 2. The second-order valence-electron chi connectivity index (χ2n) is 8.11. The van der Waals surface area contributed by atoms with E-state index in [-0.39, 0.29) is 11.4 Å². The molecule has 1 atom stereocenters. The van der Waals surface area contributed by atoms with Gasteiger partial charge in [-0.3, -0.25) is 4.31 Å². The molecular weight excluding hydrogens is 464 g/mol. The molecule has 0 saturated carbocycles. The van der Waals surface area contributed by atoms with Crippen molar-refractivity contribution in [2.24, 2.45) is 0 Å². The number of hydrogen-bond acceptors (Lipinski definition) is 7. The Kier molecular flexibility index (Phi) is 6.32. The Morgan fingerprint density at radius 1 is 1.12 bits per heavy atom. The molecule has 0 bridgehead atoms. The topological polar surface area (TPSA) is 120 Å². The fourth-order valence-electron chi connectivity index (χ4n) is 3.86. The van der Waals surface area contributed by atoms with Gasteiger partial charge in [0.25, 0.3) is 0 Å². The average Bonchev–Trinajstić information content (AvgIpc) is 3.22. The smallest absolute Gasteiger partial charge is 0.243 e. The van der Waals surface area contributed by atoms with Gasteiger partial charge in [0, 0.05) is 43.7 Å². The van der Waals surface area contributed by atoms with Crippen molar-refractivity contribution < 1.29 is 21.9 Å². The van der Waals surface area contributed by atoms with Gasteiger partial charge in [-0.05, 0) is 24.1 Å². The molecule has 1 aromatic heterocycles. The van der Waals surface area contributed by atoms with E-state index in [1.165, 1.54) is 13.2 Å². The highest BCUT2D eigenvalue weighted by Crippen LogP contribution is 2.31. The van der Waals surface area contributed by atoms with Gasteiger partial charge in [0.05, 0.1) is 18.0 Å². The summed E-state index contributed by atoms with van der Waals surface area (Å²) in [5.41, 5.74) is 1.06. The van der Waals surface area contributed by atoms with Crippen LogP contribution in [-0.4, -0.2) is 59.4 Å². The Morgan fingerprint density at radius 2 is 1.85 bits per heavy atom. The maximum atomic E-state index is 13.2. The van der Waals surface area contributed by atoms with Crippen molar-refractivity contribution in [2.75, 3.05) is 35.6 Å². The summed E-state index contributed by atoms with van der Waals surface area (Å²) in [6, 6.07) is 13.8. The molecule has 3 aromatic rings. The van der Waals surface area contributed by atoms with E-state index < -0.39 is 26.2 Å². The molecular formula is C22H26N4O5S2.